The van der Waals surface area contributed by atoms with Crippen LogP contribution in [0, 0.1) is 5.82 Å². The molecule has 0 radical (unpaired) electrons. The minimum absolute atomic E-state index is 0.198. The van der Waals surface area contributed by atoms with Crippen LogP contribution in [0.15, 0.2) is 50.5 Å². The number of aromatic nitrogens is 3. The van der Waals surface area contributed by atoms with Crippen molar-refractivity contribution in [2.45, 2.75) is 24.1 Å². The second-order valence-electron chi connectivity index (χ2n) is 8.53. The molecule has 0 saturated carbocycles. The standard InChI is InChI=1S/C22H21ClF2N6O4S/c1-21(2)19(29-20(32)33)30-22(10-24,11-36(21,34)26-3)14-6-12(4-5-15(14)25)17-7-16(31-35-17)18-27-8-13(23)9-28-18/h4-9H,10-11H2,1-3H3,(H,29,30)(H,32,33)/t22-,36+/m0/s1. The first-order valence-corrected chi connectivity index (χ1v) is 12.5. The lowest BCUT2D eigenvalue weighted by Crippen LogP contribution is -2.58. The molecule has 2 N–H and O–H groups in total. The van der Waals surface area contributed by atoms with E-state index in [-0.39, 0.29) is 28.7 Å². The van der Waals surface area contributed by atoms with Crippen molar-refractivity contribution in [3.8, 4) is 22.8 Å². The molecule has 10 nitrogen and oxygen atoms in total. The molecule has 0 bridgehead atoms. The fraction of sp³-hybridized carbons (Fsp3) is 0.318. The van der Waals surface area contributed by atoms with Crippen LogP contribution in [-0.4, -0.2) is 60.6 Å². The number of halogens is 3. The highest BCUT2D eigenvalue weighted by atomic mass is 35.5. The van der Waals surface area contributed by atoms with Crippen molar-refractivity contribution in [3.63, 3.8) is 0 Å². The molecule has 0 unspecified atom stereocenters. The molecule has 190 valence electrons. The molecule has 1 aliphatic rings. The largest absolute Gasteiger partial charge is 0.465 e. The number of hydrogen-bond donors (Lipinski definition) is 2. The van der Waals surface area contributed by atoms with E-state index in [0.717, 1.165) is 6.07 Å². The molecule has 14 heteroatoms. The zero-order valence-corrected chi connectivity index (χ0v) is 20.9. The predicted octanol–water partition coefficient (Wildman–Crippen LogP) is 4.31. The number of rotatable bonds is 4. The third kappa shape index (κ3) is 4.32. The lowest BCUT2D eigenvalue weighted by atomic mass is 9.90. The van der Waals surface area contributed by atoms with E-state index in [1.807, 2.05) is 0 Å². The smallest absolute Gasteiger partial charge is 0.410 e. The summed E-state index contributed by atoms with van der Waals surface area (Å²) in [4.78, 5) is 23.8. The summed E-state index contributed by atoms with van der Waals surface area (Å²) in [5.41, 5.74) is -1.64. The van der Waals surface area contributed by atoms with Gasteiger partial charge in [0.2, 0.25) is 0 Å². The number of alkyl halides is 1. The molecular weight excluding hydrogens is 518 g/mol. The van der Waals surface area contributed by atoms with E-state index >= 15 is 4.39 Å². The van der Waals surface area contributed by atoms with E-state index in [4.69, 9.17) is 16.1 Å². The van der Waals surface area contributed by atoms with Crippen LogP contribution < -0.4 is 5.32 Å². The van der Waals surface area contributed by atoms with Gasteiger partial charge < -0.3 is 9.63 Å². The van der Waals surface area contributed by atoms with E-state index < -0.39 is 44.4 Å². The number of carbonyl (C=O) groups is 1. The number of amides is 1. The van der Waals surface area contributed by atoms with Gasteiger partial charge in [0.15, 0.2) is 17.3 Å². The molecule has 1 aliphatic heterocycles. The van der Waals surface area contributed by atoms with Crippen molar-refractivity contribution < 1.29 is 27.4 Å². The van der Waals surface area contributed by atoms with Crippen molar-refractivity contribution in [2.75, 3.05) is 19.5 Å². The Balaban J connectivity index is 1.85. The summed E-state index contributed by atoms with van der Waals surface area (Å²) in [6.07, 6.45) is 1.30. The number of carboxylic acid groups (broad SMARTS) is 1. The Morgan fingerprint density at radius 1 is 1.31 bits per heavy atom. The Labute approximate surface area is 210 Å². The zero-order chi connectivity index (χ0) is 26.3. The maximum atomic E-state index is 15.2. The van der Waals surface area contributed by atoms with Crippen LogP contribution >= 0.6 is 11.6 Å². The van der Waals surface area contributed by atoms with Crippen LogP contribution in [0.5, 0.6) is 0 Å². The predicted molar refractivity (Wildman–Crippen MR) is 130 cm³/mol. The van der Waals surface area contributed by atoms with Crippen molar-refractivity contribution >= 4 is 33.3 Å². The Morgan fingerprint density at radius 2 is 2.00 bits per heavy atom. The van der Waals surface area contributed by atoms with Gasteiger partial charge in [-0.3, -0.25) is 10.3 Å². The van der Waals surface area contributed by atoms with Crippen molar-refractivity contribution in [3.05, 3.63) is 53.1 Å². The van der Waals surface area contributed by atoms with Gasteiger partial charge in [0.25, 0.3) is 0 Å². The average molecular weight is 539 g/mol. The maximum absolute atomic E-state index is 15.2. The normalized spacial score (nSPS) is 23.1. The maximum Gasteiger partial charge on any atom is 0.410 e. The first kappa shape index (κ1) is 25.6. The number of nitrogens with one attached hydrogen (secondary N) is 1. The number of hydrogen-bond acceptors (Lipinski definition) is 8. The highest BCUT2D eigenvalue weighted by Crippen LogP contribution is 2.41. The van der Waals surface area contributed by atoms with Gasteiger partial charge in [-0.25, -0.2) is 32.1 Å². The van der Waals surface area contributed by atoms with Gasteiger partial charge in [-0.05, 0) is 32.0 Å². The Kier molecular flexibility index (Phi) is 6.56. The van der Waals surface area contributed by atoms with E-state index in [2.05, 4.69) is 29.8 Å². The SMILES string of the molecule is CN=[S@@]1(=O)C[C@@](CF)(c2cc(-c3cc(-c4ncc(Cl)cn4)no3)ccc2F)N=C(NC(=O)O)C1(C)C. The minimum atomic E-state index is -3.30. The van der Waals surface area contributed by atoms with Crippen molar-refractivity contribution in [2.24, 2.45) is 9.36 Å². The van der Waals surface area contributed by atoms with Crippen molar-refractivity contribution in [1.82, 2.24) is 20.4 Å². The molecule has 2 atom stereocenters. The second kappa shape index (κ2) is 9.21. The number of benzene rings is 1. The summed E-state index contributed by atoms with van der Waals surface area (Å²) in [5, 5.41) is 15.6. The summed E-state index contributed by atoms with van der Waals surface area (Å²) in [6, 6.07) is 5.30. The molecule has 36 heavy (non-hydrogen) atoms. The van der Waals surface area contributed by atoms with Gasteiger partial charge in [0.1, 0.15) is 28.6 Å². The topological polar surface area (TPSA) is 143 Å². The van der Waals surface area contributed by atoms with E-state index in [9.17, 15) is 18.5 Å². The number of amidine groups is 1. The highest BCUT2D eigenvalue weighted by molar-refractivity contribution is 7.95. The monoisotopic (exact) mass is 538 g/mol. The van der Waals surface area contributed by atoms with Gasteiger partial charge in [-0.15, -0.1) is 0 Å². The summed E-state index contributed by atoms with van der Waals surface area (Å²) in [7, 11) is -2.01. The number of nitrogens with zero attached hydrogens (tertiary/aromatic N) is 5. The van der Waals surface area contributed by atoms with E-state index in [1.54, 1.807) is 0 Å². The van der Waals surface area contributed by atoms with E-state index in [1.165, 1.54) is 51.5 Å². The summed E-state index contributed by atoms with van der Waals surface area (Å²) < 4.78 is 51.7. The molecule has 1 aromatic carbocycles. The molecule has 0 aliphatic carbocycles. The highest BCUT2D eigenvalue weighted by Gasteiger charge is 2.51. The number of aliphatic imine (C=N–C) groups is 1. The molecule has 0 fully saturated rings. The van der Waals surface area contributed by atoms with Gasteiger partial charge >= 0.3 is 6.09 Å². The summed E-state index contributed by atoms with van der Waals surface area (Å²) in [5.74, 6) is -1.13. The Morgan fingerprint density at radius 3 is 2.61 bits per heavy atom. The molecular formula is C22H21ClF2N6O4S. The molecule has 2 aromatic heterocycles. The molecule has 3 aromatic rings. The molecule has 3 heterocycles. The molecule has 1 amide bonds. The molecule has 0 saturated heterocycles. The van der Waals surface area contributed by atoms with Crippen LogP contribution in [0.2, 0.25) is 5.02 Å². The summed E-state index contributed by atoms with van der Waals surface area (Å²) in [6.45, 7) is 1.71. The molecule has 0 spiro atoms. The van der Waals surface area contributed by atoms with Gasteiger partial charge in [-0.1, -0.05) is 16.8 Å². The Hall–Kier alpha value is -3.45. The van der Waals surface area contributed by atoms with Crippen LogP contribution in [0.4, 0.5) is 13.6 Å². The van der Waals surface area contributed by atoms with Gasteiger partial charge in [0, 0.05) is 36.6 Å². The summed E-state index contributed by atoms with van der Waals surface area (Å²) >= 11 is 5.81. The lowest BCUT2D eigenvalue weighted by molar-refractivity contribution is 0.199. The first-order valence-electron chi connectivity index (χ1n) is 10.5. The van der Waals surface area contributed by atoms with Crippen LogP contribution in [0.25, 0.3) is 22.8 Å². The Bertz CT molecular complexity index is 1480. The van der Waals surface area contributed by atoms with Crippen LogP contribution in [0.1, 0.15) is 19.4 Å². The molecule has 4 rings (SSSR count). The van der Waals surface area contributed by atoms with Crippen LogP contribution in [-0.2, 0) is 15.3 Å². The third-order valence-electron chi connectivity index (χ3n) is 5.98. The average Bonchev–Trinajstić information content (AvgIpc) is 3.33. The van der Waals surface area contributed by atoms with Gasteiger partial charge in [0.05, 0.1) is 20.5 Å². The minimum Gasteiger partial charge on any atom is -0.465 e. The third-order valence-corrected chi connectivity index (χ3v) is 9.42. The fourth-order valence-corrected chi connectivity index (χ4v) is 6.27. The fourth-order valence-electron chi connectivity index (χ4n) is 3.88. The zero-order valence-electron chi connectivity index (χ0n) is 19.3. The lowest BCUT2D eigenvalue weighted by Gasteiger charge is -2.41. The first-order chi connectivity index (χ1) is 16.9. The van der Waals surface area contributed by atoms with Crippen LogP contribution in [0.3, 0.4) is 0 Å². The quantitative estimate of drug-likeness (QED) is 0.503. The second-order valence-corrected chi connectivity index (χ2v) is 11.9. The van der Waals surface area contributed by atoms with Gasteiger partial charge in [-0.2, -0.15) is 0 Å². The van der Waals surface area contributed by atoms with Crippen molar-refractivity contribution in [1.29, 1.82) is 0 Å². The van der Waals surface area contributed by atoms with E-state index in [0.29, 0.717) is 10.6 Å².